The van der Waals surface area contributed by atoms with Gasteiger partial charge in [0.25, 0.3) is 0 Å². The summed E-state index contributed by atoms with van der Waals surface area (Å²) >= 11 is 0. The molecule has 0 atom stereocenters. The molecule has 4 aliphatic rings. The molecular formula is C64H78O2. The van der Waals surface area contributed by atoms with Gasteiger partial charge in [-0.1, -0.05) is 170 Å². The van der Waals surface area contributed by atoms with Gasteiger partial charge in [-0.15, -0.1) is 0 Å². The van der Waals surface area contributed by atoms with Crippen LogP contribution in [0.2, 0.25) is 0 Å². The second kappa shape index (κ2) is 21.2. The van der Waals surface area contributed by atoms with Crippen molar-refractivity contribution in [2.75, 3.05) is 13.2 Å². The Morgan fingerprint density at radius 2 is 0.788 bits per heavy atom. The van der Waals surface area contributed by atoms with Gasteiger partial charge >= 0.3 is 0 Å². The van der Waals surface area contributed by atoms with Gasteiger partial charge in [0, 0.05) is 17.0 Å². The summed E-state index contributed by atoms with van der Waals surface area (Å²) in [6, 6.07) is 42.5. The summed E-state index contributed by atoms with van der Waals surface area (Å²) in [5.41, 5.74) is 10.4. The van der Waals surface area contributed by atoms with Crippen molar-refractivity contribution >= 4 is 21.5 Å². The Balaban J connectivity index is 1.01. The maximum Gasteiger partial charge on any atom is 0.127 e. The van der Waals surface area contributed by atoms with E-state index in [1.54, 1.807) is 0 Å². The van der Waals surface area contributed by atoms with E-state index in [4.69, 9.17) is 9.47 Å². The van der Waals surface area contributed by atoms with E-state index in [1.807, 2.05) is 0 Å². The van der Waals surface area contributed by atoms with Crippen LogP contribution in [0.1, 0.15) is 172 Å². The molecule has 3 aliphatic carbocycles. The van der Waals surface area contributed by atoms with Crippen molar-refractivity contribution in [2.45, 2.75) is 161 Å². The van der Waals surface area contributed by atoms with Crippen LogP contribution in [0, 0.1) is 29.6 Å². The zero-order valence-electron chi connectivity index (χ0n) is 40.8. The number of fused-ring (bicyclic) bond motifs is 7. The Morgan fingerprint density at radius 3 is 1.23 bits per heavy atom. The third-order valence-corrected chi connectivity index (χ3v) is 17.4. The van der Waals surface area contributed by atoms with Gasteiger partial charge in [0.1, 0.15) is 11.5 Å². The molecule has 0 unspecified atom stereocenters. The molecule has 0 N–H and O–H groups in total. The van der Waals surface area contributed by atoms with Crippen LogP contribution in [-0.4, -0.2) is 13.2 Å². The molecule has 0 aromatic heterocycles. The number of hydrogen-bond donors (Lipinski definition) is 0. The van der Waals surface area contributed by atoms with Crippen LogP contribution in [0.4, 0.5) is 0 Å². The fraction of sp³-hybridized carbons (Fsp3) is 0.500. The second-order valence-corrected chi connectivity index (χ2v) is 21.7. The van der Waals surface area contributed by atoms with Crippen molar-refractivity contribution in [1.82, 2.24) is 0 Å². The normalized spacial score (nSPS) is 24.6. The molecular weight excluding hydrogens is 801 g/mol. The molecule has 6 aromatic carbocycles. The summed E-state index contributed by atoms with van der Waals surface area (Å²) in [5.74, 6) is 7.07. The fourth-order valence-corrected chi connectivity index (χ4v) is 13.3. The second-order valence-electron chi connectivity index (χ2n) is 21.7. The highest BCUT2D eigenvalue weighted by Gasteiger charge is 2.31. The van der Waals surface area contributed by atoms with Gasteiger partial charge in [-0.2, -0.15) is 0 Å². The Hall–Kier alpha value is -4.56. The lowest BCUT2D eigenvalue weighted by Gasteiger charge is -2.33. The van der Waals surface area contributed by atoms with Crippen molar-refractivity contribution in [1.29, 1.82) is 0 Å². The predicted molar refractivity (Wildman–Crippen MR) is 281 cm³/mol. The first-order chi connectivity index (χ1) is 32.5. The molecule has 0 saturated heterocycles. The average Bonchev–Trinajstić information content (AvgIpc) is 3.45. The van der Waals surface area contributed by atoms with Crippen LogP contribution in [0.25, 0.3) is 54.9 Å². The van der Waals surface area contributed by atoms with Crippen molar-refractivity contribution in [3.63, 3.8) is 0 Å². The molecule has 0 bridgehead atoms. The molecule has 1 heterocycles. The lowest BCUT2D eigenvalue weighted by molar-refractivity contribution is 0.0980. The molecule has 1 aliphatic heterocycles. The van der Waals surface area contributed by atoms with Crippen molar-refractivity contribution in [3.8, 4) is 44.9 Å². The molecule has 0 spiro atoms. The molecule has 6 aromatic rings. The van der Waals surface area contributed by atoms with Crippen molar-refractivity contribution < 1.29 is 9.47 Å². The van der Waals surface area contributed by atoms with Gasteiger partial charge in [-0.3, -0.25) is 0 Å². The van der Waals surface area contributed by atoms with E-state index in [1.165, 1.54) is 194 Å². The first kappa shape index (κ1) is 45.2. The molecule has 346 valence electrons. The van der Waals surface area contributed by atoms with E-state index in [0.717, 1.165) is 29.3 Å². The molecule has 0 amide bonds. The fourth-order valence-electron chi connectivity index (χ4n) is 13.3. The molecule has 66 heavy (non-hydrogen) atoms. The third kappa shape index (κ3) is 10.0. The minimum atomic E-state index is 0.352. The number of unbranched alkanes of at least 4 members (excludes halogenated alkanes) is 2. The van der Waals surface area contributed by atoms with Gasteiger partial charge in [0.2, 0.25) is 0 Å². The monoisotopic (exact) mass is 879 g/mol. The molecule has 10 rings (SSSR count). The summed E-state index contributed by atoms with van der Waals surface area (Å²) in [4.78, 5) is 0. The van der Waals surface area contributed by atoms with Gasteiger partial charge in [0.15, 0.2) is 0 Å². The summed E-state index contributed by atoms with van der Waals surface area (Å²) < 4.78 is 14.3. The highest BCUT2D eigenvalue weighted by molar-refractivity contribution is 6.11. The van der Waals surface area contributed by atoms with Crippen LogP contribution in [0.15, 0.2) is 109 Å². The quantitative estimate of drug-likeness (QED) is 0.108. The third-order valence-electron chi connectivity index (χ3n) is 17.4. The van der Waals surface area contributed by atoms with E-state index in [9.17, 15) is 0 Å². The Bertz CT molecular complexity index is 2340. The van der Waals surface area contributed by atoms with Gasteiger partial charge in [-0.25, -0.2) is 0 Å². The molecule has 0 radical (unpaired) electrons. The van der Waals surface area contributed by atoms with E-state index in [2.05, 4.69) is 130 Å². The minimum Gasteiger partial charge on any atom is -0.492 e. The minimum absolute atomic E-state index is 0.352. The molecule has 3 saturated carbocycles. The largest absolute Gasteiger partial charge is 0.492 e. The average molecular weight is 879 g/mol. The van der Waals surface area contributed by atoms with Gasteiger partial charge in [0.05, 0.1) is 13.2 Å². The van der Waals surface area contributed by atoms with Crippen LogP contribution in [0.3, 0.4) is 0 Å². The van der Waals surface area contributed by atoms with E-state index in [0.29, 0.717) is 36.9 Å². The molecule has 3 fully saturated rings. The van der Waals surface area contributed by atoms with Crippen LogP contribution < -0.4 is 9.47 Å². The van der Waals surface area contributed by atoms with E-state index >= 15 is 0 Å². The van der Waals surface area contributed by atoms with Crippen LogP contribution in [0.5, 0.6) is 11.5 Å². The number of rotatable bonds is 13. The van der Waals surface area contributed by atoms with Crippen LogP contribution in [-0.2, 0) is 0 Å². The van der Waals surface area contributed by atoms with E-state index in [-0.39, 0.29) is 0 Å². The number of hydrogen-bond acceptors (Lipinski definition) is 2. The van der Waals surface area contributed by atoms with Crippen molar-refractivity contribution in [3.05, 3.63) is 120 Å². The van der Waals surface area contributed by atoms with E-state index < -0.39 is 0 Å². The molecule has 2 nitrogen and oxygen atoms in total. The number of ether oxygens (including phenoxy) is 2. The van der Waals surface area contributed by atoms with Crippen LogP contribution >= 0.6 is 0 Å². The molecule has 2 heteroatoms. The first-order valence-corrected chi connectivity index (χ1v) is 27.1. The lowest BCUT2D eigenvalue weighted by Crippen LogP contribution is -2.30. The maximum atomic E-state index is 7.17. The lowest BCUT2D eigenvalue weighted by atomic mass is 9.75. The SMILES string of the molecule is CCCCCC1CCC(C2COc3ccc4ccc(-c5ccc(C6CCC(CCC)CC6)cc5)cc4c3-c3c(ccc4ccc(-c5ccc(C6CCC(CCC)CC6)cc5)cc34)OC2)CC1. The standard InChI is InChI=1S/C64H78O2/c1-4-7-8-11-46-16-22-53(23-17-46)58-42-65-61-38-36-54-32-34-56(51-28-24-49(25-29-51)47-18-12-44(9-5-2)13-19-47)40-59(54)63(61)64-60-41-57(35-33-55(60)37-39-62(64)66-43-58)52-30-26-50(27-31-52)48-20-14-45(10-6-3)15-21-48/h24-41,44-48,53,58H,4-23,42-43H2,1-3H3. The Morgan fingerprint density at radius 1 is 0.379 bits per heavy atom. The smallest absolute Gasteiger partial charge is 0.127 e. The van der Waals surface area contributed by atoms with Crippen molar-refractivity contribution in [2.24, 2.45) is 29.6 Å². The van der Waals surface area contributed by atoms with Gasteiger partial charge < -0.3 is 9.47 Å². The number of benzene rings is 6. The Labute approximate surface area is 398 Å². The van der Waals surface area contributed by atoms with Gasteiger partial charge in [-0.05, 0) is 179 Å². The topological polar surface area (TPSA) is 18.5 Å². The highest BCUT2D eigenvalue weighted by Crippen LogP contribution is 2.49. The summed E-state index contributed by atoms with van der Waals surface area (Å²) in [6.45, 7) is 8.38. The zero-order chi connectivity index (χ0) is 44.8. The summed E-state index contributed by atoms with van der Waals surface area (Å²) in [7, 11) is 0. The first-order valence-electron chi connectivity index (χ1n) is 27.1. The highest BCUT2D eigenvalue weighted by atomic mass is 16.5. The Kier molecular flexibility index (Phi) is 14.5. The maximum absolute atomic E-state index is 7.17. The zero-order valence-corrected chi connectivity index (χ0v) is 40.8. The summed E-state index contributed by atoms with van der Waals surface area (Å²) in [6.07, 6.45) is 27.0. The summed E-state index contributed by atoms with van der Waals surface area (Å²) in [5, 5.41) is 4.93. The predicted octanol–water partition coefficient (Wildman–Crippen LogP) is 18.9.